The third-order valence-corrected chi connectivity index (χ3v) is 5.93. The van der Waals surface area contributed by atoms with Gasteiger partial charge in [0.15, 0.2) is 0 Å². The first-order valence-corrected chi connectivity index (χ1v) is 11.6. The van der Waals surface area contributed by atoms with E-state index >= 15 is 0 Å². The Morgan fingerprint density at radius 1 is 1.11 bits per heavy atom. The second kappa shape index (κ2) is 11.0. The first kappa shape index (κ1) is 24.2. The van der Waals surface area contributed by atoms with E-state index in [1.165, 1.54) is 0 Å². The summed E-state index contributed by atoms with van der Waals surface area (Å²) in [4.78, 5) is 17.1. The summed E-state index contributed by atoms with van der Waals surface area (Å²) >= 11 is 0. The highest BCUT2D eigenvalue weighted by atomic mass is 16.5. The Hall–Kier alpha value is -3.91. The van der Waals surface area contributed by atoms with Gasteiger partial charge >= 0.3 is 5.97 Å². The molecule has 4 rings (SSSR count). The van der Waals surface area contributed by atoms with E-state index in [4.69, 9.17) is 14.4 Å². The minimum absolute atomic E-state index is 0.266. The van der Waals surface area contributed by atoms with Gasteiger partial charge in [-0.25, -0.2) is 9.78 Å². The number of aryl methyl sites for hydroxylation is 3. The first-order chi connectivity index (χ1) is 16.9. The number of ether oxygens (including phenoxy) is 1. The molecule has 0 atom stereocenters. The summed E-state index contributed by atoms with van der Waals surface area (Å²) in [7, 11) is 0. The van der Waals surface area contributed by atoms with Crippen LogP contribution in [0.15, 0.2) is 65.7 Å². The molecular formula is C27H30N4O4. The highest BCUT2D eigenvalue weighted by molar-refractivity contribution is 5.76. The van der Waals surface area contributed by atoms with E-state index in [1.807, 2.05) is 24.6 Å². The maximum Gasteiger partial charge on any atom is 0.329 e. The topological polar surface area (TPSA) is 93.6 Å². The molecule has 0 bridgehead atoms. The van der Waals surface area contributed by atoms with Crippen LogP contribution in [-0.2, 0) is 9.53 Å². The minimum Gasteiger partial charge on any atom is -0.480 e. The number of imidazole rings is 1. The van der Waals surface area contributed by atoms with E-state index in [0.29, 0.717) is 6.61 Å². The molecule has 0 spiro atoms. The molecule has 0 aliphatic rings. The average molecular weight is 475 g/mol. The van der Waals surface area contributed by atoms with Crippen molar-refractivity contribution >= 4 is 17.3 Å². The molecule has 2 heterocycles. The molecule has 2 aromatic heterocycles. The number of hydrogen-bond acceptors (Lipinski definition) is 6. The van der Waals surface area contributed by atoms with Gasteiger partial charge in [-0.1, -0.05) is 17.3 Å². The van der Waals surface area contributed by atoms with E-state index in [2.05, 4.69) is 64.4 Å². The highest BCUT2D eigenvalue weighted by Gasteiger charge is 2.17. The molecule has 0 amide bonds. The van der Waals surface area contributed by atoms with E-state index in [0.717, 1.165) is 64.6 Å². The maximum atomic E-state index is 10.7. The number of benzene rings is 2. The zero-order chi connectivity index (χ0) is 24.8. The molecule has 0 aliphatic carbocycles. The van der Waals surface area contributed by atoms with E-state index in [1.54, 1.807) is 12.5 Å². The summed E-state index contributed by atoms with van der Waals surface area (Å²) in [5.41, 5.74) is 7.30. The second-order valence-electron chi connectivity index (χ2n) is 8.49. The minimum atomic E-state index is -0.948. The summed E-state index contributed by atoms with van der Waals surface area (Å²) < 4.78 is 12.6. The number of rotatable bonds is 11. The van der Waals surface area contributed by atoms with Crippen LogP contribution in [0.25, 0.3) is 16.8 Å². The Bertz CT molecular complexity index is 1240. The number of carboxylic acid groups (broad SMARTS) is 1. The van der Waals surface area contributed by atoms with E-state index in [9.17, 15) is 4.79 Å². The molecule has 0 fully saturated rings. The van der Waals surface area contributed by atoms with E-state index < -0.39 is 5.97 Å². The lowest BCUT2D eigenvalue weighted by Crippen LogP contribution is -2.20. The third kappa shape index (κ3) is 5.78. The van der Waals surface area contributed by atoms with Gasteiger partial charge in [0, 0.05) is 48.2 Å². The summed E-state index contributed by atoms with van der Waals surface area (Å²) in [6.07, 6.45) is 7.07. The fourth-order valence-electron chi connectivity index (χ4n) is 4.19. The van der Waals surface area contributed by atoms with Gasteiger partial charge in [0.25, 0.3) is 0 Å². The van der Waals surface area contributed by atoms with Crippen LogP contribution in [-0.4, -0.2) is 45.5 Å². The lowest BCUT2D eigenvalue weighted by atomic mass is 10.0. The molecule has 0 unspecified atom stereocenters. The molecule has 8 nitrogen and oxygen atoms in total. The zero-order valence-corrected chi connectivity index (χ0v) is 20.3. The molecule has 4 aromatic rings. The van der Waals surface area contributed by atoms with Gasteiger partial charge in [0.2, 0.25) is 0 Å². The smallest absolute Gasteiger partial charge is 0.329 e. The van der Waals surface area contributed by atoms with E-state index in [-0.39, 0.29) is 6.61 Å². The summed E-state index contributed by atoms with van der Waals surface area (Å²) in [6.45, 7) is 6.89. The fourth-order valence-corrected chi connectivity index (χ4v) is 4.19. The molecular weight excluding hydrogens is 444 g/mol. The van der Waals surface area contributed by atoms with Crippen LogP contribution in [0, 0.1) is 20.8 Å². The van der Waals surface area contributed by atoms with Crippen molar-refractivity contribution in [3.63, 3.8) is 0 Å². The fraction of sp³-hybridized carbons (Fsp3) is 0.296. The zero-order valence-electron chi connectivity index (χ0n) is 20.3. The van der Waals surface area contributed by atoms with Crippen LogP contribution in [0.4, 0.5) is 11.4 Å². The van der Waals surface area contributed by atoms with Crippen molar-refractivity contribution in [1.29, 1.82) is 0 Å². The third-order valence-electron chi connectivity index (χ3n) is 5.93. The maximum absolute atomic E-state index is 10.7. The molecule has 2 aromatic carbocycles. The molecule has 35 heavy (non-hydrogen) atoms. The van der Waals surface area contributed by atoms with Crippen LogP contribution >= 0.6 is 0 Å². The predicted molar refractivity (Wildman–Crippen MR) is 134 cm³/mol. The van der Waals surface area contributed by atoms with Crippen molar-refractivity contribution in [2.75, 3.05) is 24.7 Å². The van der Waals surface area contributed by atoms with Gasteiger partial charge < -0.3 is 23.8 Å². The number of anilines is 2. The number of aromatic nitrogens is 3. The molecule has 0 radical (unpaired) electrons. The molecule has 182 valence electrons. The number of nitrogens with zero attached hydrogens (tertiary/aromatic N) is 4. The first-order valence-electron chi connectivity index (χ1n) is 11.6. The highest BCUT2D eigenvalue weighted by Crippen LogP contribution is 2.35. The van der Waals surface area contributed by atoms with Crippen LogP contribution in [0.2, 0.25) is 0 Å². The van der Waals surface area contributed by atoms with Crippen LogP contribution in [0.1, 0.15) is 29.9 Å². The lowest BCUT2D eigenvalue weighted by molar-refractivity contribution is -0.142. The van der Waals surface area contributed by atoms with Gasteiger partial charge in [0.05, 0.1) is 12.0 Å². The Labute approximate surface area is 204 Å². The predicted octanol–water partition coefficient (Wildman–Crippen LogP) is 5.47. The summed E-state index contributed by atoms with van der Waals surface area (Å²) in [5, 5.41) is 12.9. The largest absolute Gasteiger partial charge is 0.480 e. The number of aliphatic carboxylic acids is 1. The Morgan fingerprint density at radius 2 is 1.91 bits per heavy atom. The number of hydrogen-bond donors (Lipinski definition) is 1. The Kier molecular flexibility index (Phi) is 7.62. The SMILES string of the molecule is Cc1ccc(-c2c(C)noc2C)cc1N(CCCCOCC(=O)O)c1ccc(-n2ccnc2)cc1. The van der Waals surface area contributed by atoms with Gasteiger partial charge in [0.1, 0.15) is 12.4 Å². The quantitative estimate of drug-likeness (QED) is 0.288. The Morgan fingerprint density at radius 3 is 2.57 bits per heavy atom. The van der Waals surface area contributed by atoms with Crippen LogP contribution in [0.3, 0.4) is 0 Å². The van der Waals surface area contributed by atoms with Crippen LogP contribution < -0.4 is 4.90 Å². The normalized spacial score (nSPS) is 11.1. The standard InChI is InChI=1S/C27H30N4O4/c1-19-6-7-22(27-20(2)29-35-21(27)3)16-25(19)31(13-4-5-15-34-17-26(32)33)24-10-8-23(9-11-24)30-14-12-28-18-30/h6-12,14,16,18H,4-5,13,15,17H2,1-3H3,(H,32,33). The lowest BCUT2D eigenvalue weighted by Gasteiger charge is -2.28. The van der Waals surface area contributed by atoms with Crippen molar-refractivity contribution in [1.82, 2.24) is 14.7 Å². The summed E-state index contributed by atoms with van der Waals surface area (Å²) in [5.74, 6) is -0.152. The van der Waals surface area contributed by atoms with Crippen molar-refractivity contribution in [2.45, 2.75) is 33.6 Å². The van der Waals surface area contributed by atoms with Gasteiger partial charge in [-0.05, 0) is 75.1 Å². The Balaban J connectivity index is 1.62. The van der Waals surface area contributed by atoms with Gasteiger partial charge in [-0.2, -0.15) is 0 Å². The monoisotopic (exact) mass is 474 g/mol. The molecule has 8 heteroatoms. The molecule has 0 saturated heterocycles. The summed E-state index contributed by atoms with van der Waals surface area (Å²) in [6, 6.07) is 14.8. The van der Waals surface area contributed by atoms with Gasteiger partial charge in [-0.3, -0.25) is 0 Å². The number of unbranched alkanes of at least 4 members (excludes halogenated alkanes) is 1. The number of carbonyl (C=O) groups is 1. The van der Waals surface area contributed by atoms with Crippen molar-refractivity contribution < 1.29 is 19.2 Å². The molecule has 1 N–H and O–H groups in total. The molecule has 0 saturated carbocycles. The second-order valence-corrected chi connectivity index (χ2v) is 8.49. The van der Waals surface area contributed by atoms with Crippen molar-refractivity contribution in [3.05, 3.63) is 78.2 Å². The number of carboxylic acids is 1. The van der Waals surface area contributed by atoms with Crippen LogP contribution in [0.5, 0.6) is 0 Å². The van der Waals surface area contributed by atoms with Crippen molar-refractivity contribution in [3.8, 4) is 16.8 Å². The van der Waals surface area contributed by atoms with Gasteiger partial charge in [-0.15, -0.1) is 0 Å². The average Bonchev–Trinajstić information content (AvgIpc) is 3.50. The molecule has 0 aliphatic heterocycles. The van der Waals surface area contributed by atoms with Crippen molar-refractivity contribution in [2.24, 2.45) is 0 Å².